The zero-order valence-corrected chi connectivity index (χ0v) is 12.2. The molecule has 1 amide bonds. The molecule has 2 fully saturated rings. The molecule has 0 aliphatic heterocycles. The predicted octanol–water partition coefficient (Wildman–Crippen LogP) is 2.82. The summed E-state index contributed by atoms with van der Waals surface area (Å²) in [7, 11) is 0. The second-order valence-corrected chi connectivity index (χ2v) is 6.12. The lowest BCUT2D eigenvalue weighted by Crippen LogP contribution is -2.44. The average Bonchev–Trinajstić information content (AvgIpc) is 3.36. The molecule has 3 rings (SSSR count). The van der Waals surface area contributed by atoms with E-state index in [0.29, 0.717) is 12.6 Å². The van der Waals surface area contributed by atoms with Crippen molar-refractivity contribution >= 4 is 11.6 Å². The normalized spacial score (nSPS) is 18.1. The first-order chi connectivity index (χ1) is 9.78. The fourth-order valence-electron chi connectivity index (χ4n) is 2.96. The number of hydrogen-bond donors (Lipinski definition) is 1. The van der Waals surface area contributed by atoms with Gasteiger partial charge >= 0.3 is 0 Å². The molecule has 0 aromatic heterocycles. The molecule has 1 aromatic rings. The predicted molar refractivity (Wildman–Crippen MR) is 81.7 cm³/mol. The van der Waals surface area contributed by atoms with E-state index in [1.165, 1.54) is 25.7 Å². The van der Waals surface area contributed by atoms with Crippen LogP contribution in [0.1, 0.15) is 32.6 Å². The standard InChI is InChI=1S/C17H24N2O/c1-2-19(15-6-4-3-5-7-15)12-16(20)18-17(13-8-9-13)14-10-11-14/h3-7,13-14,17H,2,8-12H2,1H3,(H,18,20). The van der Waals surface area contributed by atoms with Crippen LogP contribution >= 0.6 is 0 Å². The van der Waals surface area contributed by atoms with Gasteiger partial charge in [-0.1, -0.05) is 18.2 Å². The summed E-state index contributed by atoms with van der Waals surface area (Å²) >= 11 is 0. The molecular formula is C17H24N2O. The molecule has 0 saturated heterocycles. The summed E-state index contributed by atoms with van der Waals surface area (Å²) in [5, 5.41) is 3.29. The van der Waals surface area contributed by atoms with Crippen molar-refractivity contribution in [1.29, 1.82) is 0 Å². The topological polar surface area (TPSA) is 32.3 Å². The third-order valence-corrected chi connectivity index (χ3v) is 4.42. The highest BCUT2D eigenvalue weighted by Crippen LogP contribution is 2.44. The summed E-state index contributed by atoms with van der Waals surface area (Å²) in [5.41, 5.74) is 1.12. The van der Waals surface area contributed by atoms with E-state index in [1.807, 2.05) is 18.2 Å². The van der Waals surface area contributed by atoms with Gasteiger partial charge in [0.05, 0.1) is 6.54 Å². The summed E-state index contributed by atoms with van der Waals surface area (Å²) in [6.07, 6.45) is 5.21. The molecule has 0 atom stereocenters. The Morgan fingerprint density at radius 3 is 2.30 bits per heavy atom. The van der Waals surface area contributed by atoms with E-state index in [1.54, 1.807) is 0 Å². The molecule has 0 bridgehead atoms. The molecule has 0 unspecified atom stereocenters. The van der Waals surface area contributed by atoms with Crippen LogP contribution in [-0.2, 0) is 4.79 Å². The highest BCUT2D eigenvalue weighted by molar-refractivity contribution is 5.81. The highest BCUT2D eigenvalue weighted by atomic mass is 16.2. The number of nitrogens with zero attached hydrogens (tertiary/aromatic N) is 1. The molecule has 3 heteroatoms. The molecule has 3 nitrogen and oxygen atoms in total. The van der Waals surface area contributed by atoms with Gasteiger partial charge in [0, 0.05) is 18.3 Å². The van der Waals surface area contributed by atoms with Crippen LogP contribution in [-0.4, -0.2) is 25.0 Å². The van der Waals surface area contributed by atoms with E-state index < -0.39 is 0 Å². The molecule has 1 aromatic carbocycles. The first kappa shape index (κ1) is 13.5. The minimum atomic E-state index is 0.180. The van der Waals surface area contributed by atoms with Crippen LogP contribution in [0.15, 0.2) is 30.3 Å². The Kier molecular flexibility index (Phi) is 3.95. The van der Waals surface area contributed by atoms with Crippen LogP contribution in [0.5, 0.6) is 0 Å². The molecule has 2 saturated carbocycles. The number of rotatable bonds is 7. The van der Waals surface area contributed by atoms with Crippen molar-refractivity contribution in [2.45, 2.75) is 38.6 Å². The van der Waals surface area contributed by atoms with Crippen LogP contribution in [0.3, 0.4) is 0 Å². The van der Waals surface area contributed by atoms with E-state index in [9.17, 15) is 4.79 Å². The minimum absolute atomic E-state index is 0.180. The summed E-state index contributed by atoms with van der Waals surface area (Å²) in [5.74, 6) is 1.70. The number of nitrogens with one attached hydrogen (secondary N) is 1. The smallest absolute Gasteiger partial charge is 0.239 e. The zero-order chi connectivity index (χ0) is 13.9. The van der Waals surface area contributed by atoms with E-state index in [-0.39, 0.29) is 5.91 Å². The zero-order valence-electron chi connectivity index (χ0n) is 12.2. The van der Waals surface area contributed by atoms with Gasteiger partial charge in [0.1, 0.15) is 0 Å². The van der Waals surface area contributed by atoms with Crippen LogP contribution in [0, 0.1) is 11.8 Å². The quantitative estimate of drug-likeness (QED) is 0.828. The summed E-state index contributed by atoms with van der Waals surface area (Å²) in [6.45, 7) is 3.42. The van der Waals surface area contributed by atoms with Crippen molar-refractivity contribution in [3.8, 4) is 0 Å². The number of hydrogen-bond acceptors (Lipinski definition) is 2. The lowest BCUT2D eigenvalue weighted by atomic mass is 10.1. The second-order valence-electron chi connectivity index (χ2n) is 6.12. The van der Waals surface area contributed by atoms with E-state index in [4.69, 9.17) is 0 Å². The van der Waals surface area contributed by atoms with Crippen molar-refractivity contribution in [1.82, 2.24) is 5.32 Å². The third-order valence-electron chi connectivity index (χ3n) is 4.42. The number of para-hydroxylation sites is 1. The van der Waals surface area contributed by atoms with Crippen LogP contribution < -0.4 is 10.2 Å². The molecule has 20 heavy (non-hydrogen) atoms. The minimum Gasteiger partial charge on any atom is -0.363 e. The average molecular weight is 272 g/mol. The number of amides is 1. The van der Waals surface area contributed by atoms with Gasteiger partial charge in [-0.25, -0.2) is 0 Å². The lowest BCUT2D eigenvalue weighted by molar-refractivity contribution is -0.120. The highest BCUT2D eigenvalue weighted by Gasteiger charge is 2.42. The van der Waals surface area contributed by atoms with Crippen LogP contribution in [0.2, 0.25) is 0 Å². The fraction of sp³-hybridized carbons (Fsp3) is 0.588. The SMILES string of the molecule is CCN(CC(=O)NC(C1CC1)C1CC1)c1ccccc1. The molecule has 0 heterocycles. The maximum atomic E-state index is 12.3. The molecule has 1 N–H and O–H groups in total. The Bertz CT molecular complexity index is 439. The Hall–Kier alpha value is -1.51. The van der Waals surface area contributed by atoms with Crippen molar-refractivity contribution in [3.05, 3.63) is 30.3 Å². The number of likely N-dealkylation sites (N-methyl/N-ethyl adjacent to an activating group) is 1. The summed E-state index contributed by atoms with van der Waals surface area (Å²) in [4.78, 5) is 14.4. The van der Waals surface area contributed by atoms with E-state index in [2.05, 4.69) is 29.3 Å². The second kappa shape index (κ2) is 5.86. The Labute approximate surface area is 121 Å². The molecule has 0 spiro atoms. The van der Waals surface area contributed by atoms with Gasteiger partial charge in [-0.2, -0.15) is 0 Å². The van der Waals surface area contributed by atoms with Gasteiger partial charge in [0.15, 0.2) is 0 Å². The molecular weight excluding hydrogens is 248 g/mol. The van der Waals surface area contributed by atoms with Crippen molar-refractivity contribution in [2.75, 3.05) is 18.0 Å². The first-order valence-corrected chi connectivity index (χ1v) is 7.87. The number of anilines is 1. The van der Waals surface area contributed by atoms with Gasteiger partial charge in [0.25, 0.3) is 0 Å². The van der Waals surface area contributed by atoms with Crippen molar-refractivity contribution < 1.29 is 4.79 Å². The van der Waals surface area contributed by atoms with Gasteiger partial charge in [-0.05, 0) is 56.6 Å². The maximum absolute atomic E-state index is 12.3. The van der Waals surface area contributed by atoms with Gasteiger partial charge in [-0.3, -0.25) is 4.79 Å². The van der Waals surface area contributed by atoms with Gasteiger partial charge < -0.3 is 10.2 Å². The Morgan fingerprint density at radius 1 is 1.20 bits per heavy atom. The van der Waals surface area contributed by atoms with Gasteiger partial charge in [0.2, 0.25) is 5.91 Å². The van der Waals surface area contributed by atoms with E-state index >= 15 is 0 Å². The van der Waals surface area contributed by atoms with Crippen molar-refractivity contribution in [2.24, 2.45) is 11.8 Å². The molecule has 2 aliphatic rings. The van der Waals surface area contributed by atoms with Crippen molar-refractivity contribution in [3.63, 3.8) is 0 Å². The van der Waals surface area contributed by atoms with E-state index in [0.717, 1.165) is 24.1 Å². The number of carbonyl (C=O) groups excluding carboxylic acids is 1. The summed E-state index contributed by atoms with van der Waals surface area (Å²) < 4.78 is 0. The number of benzene rings is 1. The maximum Gasteiger partial charge on any atom is 0.239 e. The molecule has 108 valence electrons. The Balaban J connectivity index is 1.56. The fourth-order valence-corrected chi connectivity index (χ4v) is 2.96. The van der Waals surface area contributed by atoms with Gasteiger partial charge in [-0.15, -0.1) is 0 Å². The lowest BCUT2D eigenvalue weighted by Gasteiger charge is -2.24. The van der Waals surface area contributed by atoms with Crippen LogP contribution in [0.4, 0.5) is 5.69 Å². The number of carbonyl (C=O) groups is 1. The first-order valence-electron chi connectivity index (χ1n) is 7.87. The summed E-state index contributed by atoms with van der Waals surface area (Å²) in [6, 6.07) is 10.6. The molecule has 0 radical (unpaired) electrons. The largest absolute Gasteiger partial charge is 0.363 e. The monoisotopic (exact) mass is 272 g/mol. The van der Waals surface area contributed by atoms with Crippen LogP contribution in [0.25, 0.3) is 0 Å². The third kappa shape index (κ3) is 3.33. The Morgan fingerprint density at radius 2 is 1.80 bits per heavy atom. The molecule has 2 aliphatic carbocycles.